The van der Waals surface area contributed by atoms with E-state index in [1.165, 1.54) is 11.6 Å². The Balaban J connectivity index is 1.63. The van der Waals surface area contributed by atoms with E-state index >= 15 is 0 Å². The summed E-state index contributed by atoms with van der Waals surface area (Å²) in [4.78, 5) is 7.20. The molecule has 194 valence electrons. The highest BCUT2D eigenvalue weighted by molar-refractivity contribution is 6.76. The van der Waals surface area contributed by atoms with Crippen molar-refractivity contribution in [3.63, 3.8) is 0 Å². The quantitative estimate of drug-likeness (QED) is 0.282. The normalized spacial score (nSPS) is 15.4. The Kier molecular flexibility index (Phi) is 8.34. The van der Waals surface area contributed by atoms with Gasteiger partial charge in [-0.15, -0.1) is 0 Å². The summed E-state index contributed by atoms with van der Waals surface area (Å²) < 4.78 is 47.9. The minimum atomic E-state index is -4.40. The van der Waals surface area contributed by atoms with Crippen LogP contribution in [0, 0.1) is 0 Å². The number of rotatable bonds is 9. The van der Waals surface area contributed by atoms with Gasteiger partial charge in [0.05, 0.1) is 11.3 Å². The molecule has 2 heterocycles. The molecule has 0 saturated carbocycles. The van der Waals surface area contributed by atoms with Crippen LogP contribution in [0.4, 0.5) is 13.2 Å². The second kappa shape index (κ2) is 11.3. The molecule has 1 fully saturated rings. The lowest BCUT2D eigenvalue weighted by molar-refractivity contribution is -0.137. The maximum absolute atomic E-state index is 13.3. The first kappa shape index (κ1) is 26.6. The van der Waals surface area contributed by atoms with Gasteiger partial charge >= 0.3 is 6.18 Å². The monoisotopic (exact) mass is 516 g/mol. The summed E-state index contributed by atoms with van der Waals surface area (Å²) in [6.07, 6.45) is -2.61. The van der Waals surface area contributed by atoms with Crippen LogP contribution in [0.3, 0.4) is 0 Å². The van der Waals surface area contributed by atoms with Crippen molar-refractivity contribution in [3.8, 4) is 22.6 Å². The Morgan fingerprint density at radius 2 is 1.72 bits per heavy atom. The first-order chi connectivity index (χ1) is 17.1. The van der Waals surface area contributed by atoms with E-state index in [0.717, 1.165) is 56.5 Å². The van der Waals surface area contributed by atoms with Crippen LogP contribution >= 0.6 is 0 Å². The van der Waals surface area contributed by atoms with Gasteiger partial charge < -0.3 is 14.6 Å². The molecule has 1 aromatic heterocycles. The van der Waals surface area contributed by atoms with E-state index in [1.807, 2.05) is 16.7 Å². The molecule has 0 bridgehead atoms. The maximum atomic E-state index is 13.3. The SMILES string of the molecule is C[Si](C)(C)CCOCn1cc(-c2cccc(C(F)(F)F)c2)nc1-c1cccc(CN2CCNCC2)c1. The van der Waals surface area contributed by atoms with Crippen LogP contribution in [0.1, 0.15) is 11.1 Å². The van der Waals surface area contributed by atoms with Gasteiger partial charge in [0.15, 0.2) is 0 Å². The number of nitrogens with zero attached hydrogens (tertiary/aromatic N) is 3. The molecule has 0 amide bonds. The van der Waals surface area contributed by atoms with Gasteiger partial charge in [0, 0.05) is 64.7 Å². The number of nitrogens with one attached hydrogen (secondary N) is 1. The minimum Gasteiger partial charge on any atom is -0.361 e. The van der Waals surface area contributed by atoms with Gasteiger partial charge in [-0.25, -0.2) is 4.98 Å². The minimum absolute atomic E-state index is 0.299. The average Bonchev–Trinajstić information content (AvgIpc) is 3.26. The van der Waals surface area contributed by atoms with Crippen molar-refractivity contribution in [1.29, 1.82) is 0 Å². The molecule has 0 aliphatic carbocycles. The molecule has 2 aromatic carbocycles. The van der Waals surface area contributed by atoms with Crippen molar-refractivity contribution in [2.75, 3.05) is 32.8 Å². The van der Waals surface area contributed by atoms with Crippen LogP contribution < -0.4 is 5.32 Å². The molecule has 0 radical (unpaired) electrons. The summed E-state index contributed by atoms with van der Waals surface area (Å²) in [5, 5.41) is 3.37. The molecule has 5 nitrogen and oxygen atoms in total. The fourth-order valence-electron chi connectivity index (χ4n) is 4.22. The van der Waals surface area contributed by atoms with E-state index in [2.05, 4.69) is 42.0 Å². The van der Waals surface area contributed by atoms with Gasteiger partial charge in [-0.2, -0.15) is 13.2 Å². The molecule has 3 aromatic rings. The summed E-state index contributed by atoms with van der Waals surface area (Å²) in [5.41, 5.74) is 2.36. The number of hydrogen-bond acceptors (Lipinski definition) is 4. The zero-order valence-electron chi connectivity index (χ0n) is 21.2. The summed E-state index contributed by atoms with van der Waals surface area (Å²) in [6, 6.07) is 14.6. The zero-order valence-corrected chi connectivity index (χ0v) is 22.2. The van der Waals surface area contributed by atoms with Gasteiger partial charge in [0.25, 0.3) is 0 Å². The van der Waals surface area contributed by atoms with Crippen LogP contribution in [0.5, 0.6) is 0 Å². The predicted molar refractivity (Wildman–Crippen MR) is 140 cm³/mol. The van der Waals surface area contributed by atoms with Crippen molar-refractivity contribution in [2.24, 2.45) is 0 Å². The molecule has 36 heavy (non-hydrogen) atoms. The Hall–Kier alpha value is -2.46. The zero-order chi connectivity index (χ0) is 25.8. The summed E-state index contributed by atoms with van der Waals surface area (Å²) in [6.45, 7) is 12.7. The molecule has 0 spiro atoms. The number of piperazine rings is 1. The lowest BCUT2D eigenvalue weighted by Crippen LogP contribution is -2.42. The van der Waals surface area contributed by atoms with Crippen LogP contribution in [0.25, 0.3) is 22.6 Å². The first-order valence-corrected chi connectivity index (χ1v) is 16.1. The van der Waals surface area contributed by atoms with E-state index in [9.17, 15) is 13.2 Å². The van der Waals surface area contributed by atoms with Crippen LogP contribution in [0.15, 0.2) is 54.7 Å². The number of alkyl halides is 3. The van der Waals surface area contributed by atoms with E-state index in [-0.39, 0.29) is 0 Å². The molecule has 1 aliphatic rings. The summed E-state index contributed by atoms with van der Waals surface area (Å²) >= 11 is 0. The fraction of sp³-hybridized carbons (Fsp3) is 0.444. The molecule has 1 N–H and O–H groups in total. The maximum Gasteiger partial charge on any atom is 0.416 e. The van der Waals surface area contributed by atoms with Gasteiger partial charge in [0.1, 0.15) is 12.6 Å². The fourth-order valence-corrected chi connectivity index (χ4v) is 4.97. The highest BCUT2D eigenvalue weighted by atomic mass is 28.3. The highest BCUT2D eigenvalue weighted by Gasteiger charge is 2.30. The van der Waals surface area contributed by atoms with Gasteiger partial charge in [-0.05, 0) is 29.8 Å². The number of hydrogen-bond donors (Lipinski definition) is 1. The van der Waals surface area contributed by atoms with Crippen molar-refractivity contribution >= 4 is 8.07 Å². The largest absolute Gasteiger partial charge is 0.416 e. The molecule has 4 rings (SSSR count). The van der Waals surface area contributed by atoms with Gasteiger partial charge in [-0.3, -0.25) is 4.90 Å². The Labute approximate surface area is 212 Å². The second-order valence-corrected chi connectivity index (χ2v) is 16.2. The lowest BCUT2D eigenvalue weighted by atomic mass is 10.1. The molecular weight excluding hydrogens is 481 g/mol. The Morgan fingerprint density at radius 3 is 2.44 bits per heavy atom. The Bertz CT molecular complexity index is 1150. The third-order valence-electron chi connectivity index (χ3n) is 6.29. The van der Waals surface area contributed by atoms with Crippen LogP contribution in [-0.2, 0) is 24.2 Å². The predicted octanol–water partition coefficient (Wildman–Crippen LogP) is 5.95. The molecule has 1 saturated heterocycles. The topological polar surface area (TPSA) is 42.3 Å². The summed E-state index contributed by atoms with van der Waals surface area (Å²) in [5.74, 6) is 0.692. The van der Waals surface area contributed by atoms with E-state index in [4.69, 9.17) is 9.72 Å². The summed E-state index contributed by atoms with van der Waals surface area (Å²) in [7, 11) is -1.24. The third-order valence-corrected chi connectivity index (χ3v) is 7.99. The average molecular weight is 517 g/mol. The number of halogens is 3. The van der Waals surface area contributed by atoms with Gasteiger partial charge in [-0.1, -0.05) is 50.0 Å². The van der Waals surface area contributed by atoms with Crippen molar-refractivity contribution in [2.45, 2.75) is 45.1 Å². The van der Waals surface area contributed by atoms with Gasteiger partial charge in [0.2, 0.25) is 0 Å². The standard InChI is InChI=1S/C27H35F3N4OSi/c1-36(2,3)15-14-35-20-34-19-25(22-7-5-9-24(17-22)27(28,29)30)32-26(34)23-8-4-6-21(16-23)18-33-12-10-31-11-13-33/h4-9,16-17,19,31H,10-15,18,20H2,1-3H3. The number of aromatic nitrogens is 2. The molecule has 9 heteroatoms. The second-order valence-electron chi connectivity index (χ2n) is 10.6. The number of ether oxygens (including phenoxy) is 1. The van der Waals surface area contributed by atoms with Crippen molar-refractivity contribution in [1.82, 2.24) is 19.8 Å². The van der Waals surface area contributed by atoms with E-state index in [0.29, 0.717) is 30.4 Å². The van der Waals surface area contributed by atoms with Crippen LogP contribution in [0.2, 0.25) is 25.7 Å². The highest BCUT2D eigenvalue weighted by Crippen LogP contribution is 2.33. The smallest absolute Gasteiger partial charge is 0.361 e. The molecule has 0 atom stereocenters. The molecule has 1 aliphatic heterocycles. The molecule has 0 unspecified atom stereocenters. The van der Waals surface area contributed by atoms with Crippen molar-refractivity contribution in [3.05, 3.63) is 65.9 Å². The van der Waals surface area contributed by atoms with Crippen molar-refractivity contribution < 1.29 is 17.9 Å². The van der Waals surface area contributed by atoms with Crippen LogP contribution in [-0.4, -0.2) is 55.3 Å². The van der Waals surface area contributed by atoms with E-state index in [1.54, 1.807) is 12.3 Å². The number of benzene rings is 2. The third kappa shape index (κ3) is 7.28. The van der Waals surface area contributed by atoms with E-state index < -0.39 is 19.8 Å². The number of imidazole rings is 1. The lowest BCUT2D eigenvalue weighted by Gasteiger charge is -2.27. The first-order valence-electron chi connectivity index (χ1n) is 12.4. The molecular formula is C27H35F3N4OSi. The Morgan fingerprint density at radius 1 is 1.00 bits per heavy atom.